The number of aromatic nitrogens is 2. The number of hydrogen-bond donors (Lipinski definition) is 0. The summed E-state index contributed by atoms with van der Waals surface area (Å²) in [5.41, 5.74) is 0.634. The quantitative estimate of drug-likeness (QED) is 0.794. The molecule has 1 aromatic heterocycles. The lowest BCUT2D eigenvalue weighted by Gasteiger charge is -2.13. The van der Waals surface area contributed by atoms with Gasteiger partial charge in [0, 0.05) is 22.0 Å². The molecule has 0 bridgehead atoms. The van der Waals surface area contributed by atoms with E-state index >= 15 is 0 Å². The van der Waals surface area contributed by atoms with E-state index in [-0.39, 0.29) is 10.7 Å². The second-order valence-electron chi connectivity index (χ2n) is 4.87. The fourth-order valence-electron chi connectivity index (χ4n) is 2.14. The highest BCUT2D eigenvalue weighted by Crippen LogP contribution is 2.39. The molecule has 0 unspecified atom stereocenters. The van der Waals surface area contributed by atoms with Crippen molar-refractivity contribution in [2.45, 2.75) is 25.3 Å². The Kier molecular flexibility index (Phi) is 3.76. The van der Waals surface area contributed by atoms with Crippen LogP contribution in [0, 0.1) is 0 Å². The van der Waals surface area contributed by atoms with Crippen molar-refractivity contribution < 1.29 is 0 Å². The van der Waals surface area contributed by atoms with E-state index in [1.165, 1.54) is 6.07 Å². The third-order valence-corrected chi connectivity index (χ3v) is 4.08. The molecule has 0 N–H and O–H groups in total. The van der Waals surface area contributed by atoms with Gasteiger partial charge in [0.15, 0.2) is 0 Å². The minimum atomic E-state index is -0.164. The molecule has 0 radical (unpaired) electrons. The summed E-state index contributed by atoms with van der Waals surface area (Å²) in [4.78, 5) is 16.5. The molecule has 1 aromatic carbocycles. The molecule has 2 aromatic rings. The van der Waals surface area contributed by atoms with Crippen LogP contribution in [0.4, 0.5) is 0 Å². The second kappa shape index (κ2) is 5.40. The normalized spacial score (nSPS) is 14.6. The first-order chi connectivity index (χ1) is 9.54. The highest BCUT2D eigenvalue weighted by atomic mass is 35.5. The van der Waals surface area contributed by atoms with E-state index in [0.29, 0.717) is 22.5 Å². The van der Waals surface area contributed by atoms with Gasteiger partial charge in [-0.1, -0.05) is 34.8 Å². The van der Waals surface area contributed by atoms with Gasteiger partial charge in [0.05, 0.1) is 6.54 Å². The smallest absolute Gasteiger partial charge is 0.255 e. The van der Waals surface area contributed by atoms with Crippen molar-refractivity contribution in [2.75, 3.05) is 0 Å². The topological polar surface area (TPSA) is 34.9 Å². The summed E-state index contributed by atoms with van der Waals surface area (Å²) < 4.78 is 1.63. The SMILES string of the molecule is O=c1cc(Cl)nc(C2CC2)n1Cc1cc(Cl)ccc1Cl. The Bertz CT molecular complexity index is 723. The maximum atomic E-state index is 12.2. The standard InChI is InChI=1S/C14H11Cl3N2O/c15-10-3-4-11(16)9(5-10)7-19-13(20)6-12(17)18-14(19)8-1-2-8/h3-6,8H,1-2,7H2. The van der Waals surface area contributed by atoms with Crippen LogP contribution >= 0.6 is 34.8 Å². The third-order valence-electron chi connectivity index (χ3n) is 3.29. The molecular formula is C14H11Cl3N2O. The van der Waals surface area contributed by atoms with E-state index < -0.39 is 0 Å². The molecule has 1 saturated carbocycles. The highest BCUT2D eigenvalue weighted by Gasteiger charge is 2.29. The van der Waals surface area contributed by atoms with Crippen molar-refractivity contribution >= 4 is 34.8 Å². The summed E-state index contributed by atoms with van der Waals surface area (Å²) >= 11 is 18.0. The largest absolute Gasteiger partial charge is 0.292 e. The van der Waals surface area contributed by atoms with Crippen LogP contribution < -0.4 is 5.56 Å². The first-order valence-corrected chi connectivity index (χ1v) is 7.39. The van der Waals surface area contributed by atoms with Gasteiger partial charge in [0.2, 0.25) is 0 Å². The van der Waals surface area contributed by atoms with Crippen molar-refractivity contribution in [3.8, 4) is 0 Å². The summed E-state index contributed by atoms with van der Waals surface area (Å²) in [5.74, 6) is 1.05. The van der Waals surface area contributed by atoms with Crippen LogP contribution in [0.3, 0.4) is 0 Å². The Labute approximate surface area is 131 Å². The molecule has 3 rings (SSSR count). The fraction of sp³-hybridized carbons (Fsp3) is 0.286. The summed E-state index contributed by atoms with van der Waals surface area (Å²) in [5, 5.41) is 1.41. The second-order valence-corrected chi connectivity index (χ2v) is 6.10. The van der Waals surface area contributed by atoms with Crippen LogP contribution in [0.2, 0.25) is 15.2 Å². The van der Waals surface area contributed by atoms with Crippen molar-refractivity contribution in [1.82, 2.24) is 9.55 Å². The minimum Gasteiger partial charge on any atom is -0.292 e. The lowest BCUT2D eigenvalue weighted by Crippen LogP contribution is -2.24. The van der Waals surface area contributed by atoms with E-state index in [1.807, 2.05) is 0 Å². The van der Waals surface area contributed by atoms with Gasteiger partial charge in [-0.25, -0.2) is 4.98 Å². The van der Waals surface area contributed by atoms with E-state index in [9.17, 15) is 4.79 Å². The van der Waals surface area contributed by atoms with Crippen LogP contribution in [0.1, 0.15) is 30.1 Å². The molecule has 0 saturated heterocycles. The van der Waals surface area contributed by atoms with Crippen LogP contribution in [0.5, 0.6) is 0 Å². The van der Waals surface area contributed by atoms with Gasteiger partial charge in [-0.05, 0) is 36.6 Å². The molecule has 1 aliphatic carbocycles. The molecule has 0 spiro atoms. The van der Waals surface area contributed by atoms with Gasteiger partial charge in [0.1, 0.15) is 11.0 Å². The molecule has 1 heterocycles. The van der Waals surface area contributed by atoms with Gasteiger partial charge in [-0.15, -0.1) is 0 Å². The van der Waals surface area contributed by atoms with Crippen molar-refractivity contribution in [3.05, 3.63) is 61.2 Å². The Hall–Kier alpha value is -1.03. The van der Waals surface area contributed by atoms with E-state index in [1.54, 1.807) is 22.8 Å². The van der Waals surface area contributed by atoms with Crippen molar-refractivity contribution in [1.29, 1.82) is 0 Å². The van der Waals surface area contributed by atoms with Crippen LogP contribution in [0.25, 0.3) is 0 Å². The zero-order chi connectivity index (χ0) is 14.3. The Morgan fingerprint density at radius 2 is 1.95 bits per heavy atom. The van der Waals surface area contributed by atoms with Gasteiger partial charge in [-0.2, -0.15) is 0 Å². The average Bonchev–Trinajstić information content (AvgIpc) is 3.20. The zero-order valence-electron chi connectivity index (χ0n) is 10.4. The highest BCUT2D eigenvalue weighted by molar-refractivity contribution is 6.33. The number of hydrogen-bond acceptors (Lipinski definition) is 2. The Morgan fingerprint density at radius 1 is 1.20 bits per heavy atom. The summed E-state index contributed by atoms with van der Waals surface area (Å²) in [6.07, 6.45) is 2.08. The Morgan fingerprint density at radius 3 is 2.65 bits per heavy atom. The number of halogens is 3. The molecule has 3 nitrogen and oxygen atoms in total. The molecular weight excluding hydrogens is 319 g/mol. The van der Waals surface area contributed by atoms with Crippen molar-refractivity contribution in [2.24, 2.45) is 0 Å². The number of benzene rings is 1. The average molecular weight is 330 g/mol. The molecule has 1 fully saturated rings. The van der Waals surface area contributed by atoms with Gasteiger partial charge in [-0.3, -0.25) is 9.36 Å². The molecule has 0 atom stereocenters. The maximum absolute atomic E-state index is 12.2. The van der Waals surface area contributed by atoms with Gasteiger partial charge in [0.25, 0.3) is 5.56 Å². The predicted octanol–water partition coefficient (Wildman–Crippen LogP) is 4.13. The predicted molar refractivity (Wildman–Crippen MR) is 81.0 cm³/mol. The van der Waals surface area contributed by atoms with Crippen LogP contribution in [-0.2, 0) is 6.54 Å². The third kappa shape index (κ3) is 2.85. The monoisotopic (exact) mass is 328 g/mol. The maximum Gasteiger partial charge on any atom is 0.255 e. The molecule has 1 aliphatic rings. The van der Waals surface area contributed by atoms with Gasteiger partial charge >= 0.3 is 0 Å². The molecule has 0 aliphatic heterocycles. The van der Waals surface area contributed by atoms with Gasteiger partial charge < -0.3 is 0 Å². The lowest BCUT2D eigenvalue weighted by atomic mass is 10.2. The molecule has 20 heavy (non-hydrogen) atoms. The zero-order valence-corrected chi connectivity index (χ0v) is 12.7. The Balaban J connectivity index is 2.06. The van der Waals surface area contributed by atoms with Crippen LogP contribution in [0.15, 0.2) is 29.1 Å². The lowest BCUT2D eigenvalue weighted by molar-refractivity contribution is 0.669. The van der Waals surface area contributed by atoms with E-state index in [2.05, 4.69) is 4.98 Å². The van der Waals surface area contributed by atoms with E-state index in [0.717, 1.165) is 24.2 Å². The first-order valence-electron chi connectivity index (χ1n) is 6.26. The fourth-order valence-corrected chi connectivity index (χ4v) is 2.69. The first kappa shape index (κ1) is 13.9. The molecule has 0 amide bonds. The summed E-state index contributed by atoms with van der Waals surface area (Å²) in [6.45, 7) is 0.355. The number of rotatable bonds is 3. The van der Waals surface area contributed by atoms with E-state index in [4.69, 9.17) is 34.8 Å². The molecule has 104 valence electrons. The number of nitrogens with zero attached hydrogens (tertiary/aromatic N) is 2. The minimum absolute atomic E-state index is 0.164. The van der Waals surface area contributed by atoms with Crippen molar-refractivity contribution in [3.63, 3.8) is 0 Å². The van der Waals surface area contributed by atoms with Crippen LogP contribution in [-0.4, -0.2) is 9.55 Å². The summed E-state index contributed by atoms with van der Waals surface area (Å²) in [6, 6.07) is 6.54. The molecule has 6 heteroatoms. The summed E-state index contributed by atoms with van der Waals surface area (Å²) in [7, 11) is 0.